The number of nitrogen functional groups attached to an aromatic ring is 1. The highest BCUT2D eigenvalue weighted by atomic mass is 16.8. The molecule has 9 nitrogen and oxygen atoms in total. The molecule has 2 saturated heterocycles. The minimum atomic E-state index is -2.11. The predicted molar refractivity (Wildman–Crippen MR) is 68.0 cm³/mol. The first kappa shape index (κ1) is 14.3. The summed E-state index contributed by atoms with van der Waals surface area (Å²) in [5.74, 6) is -2.66. The summed E-state index contributed by atoms with van der Waals surface area (Å²) in [6, 6.07) is -0.496. The monoisotopic (exact) mass is 299 g/mol. The maximum absolute atomic E-state index is 11.7. The Morgan fingerprint density at radius 2 is 2.43 bits per heavy atom. The number of carbonyl (C=O) groups excluding carboxylic acids is 1. The molecule has 3 atom stereocenters. The van der Waals surface area contributed by atoms with Gasteiger partial charge in [-0.2, -0.15) is 5.10 Å². The standard InChI is InChI=1S/C12H17N3O6/c1-2-19-10(16)6-4-15(14-9(6)13)7-3-12(17,18)11-20-5-8(7)21-11/h4,7-8,11,17-18H,2-3,5H2,1H3,(H2,13,14)/t7-,8+,11+/m1/s1. The third-order valence-electron chi connectivity index (χ3n) is 3.62. The van der Waals surface area contributed by atoms with Crippen LogP contribution in [0.2, 0.25) is 0 Å². The second-order valence-corrected chi connectivity index (χ2v) is 5.12. The summed E-state index contributed by atoms with van der Waals surface area (Å²) >= 11 is 0. The second-order valence-electron chi connectivity index (χ2n) is 5.12. The SMILES string of the molecule is CCOC(=O)c1cn([C@@H]2CC(O)(O)[C@H]3OC[C@@H]2O3)nc1N. The van der Waals surface area contributed by atoms with E-state index < -0.39 is 24.1 Å². The molecule has 0 amide bonds. The fourth-order valence-corrected chi connectivity index (χ4v) is 2.60. The van der Waals surface area contributed by atoms with Crippen LogP contribution in [0.15, 0.2) is 6.20 Å². The number of rotatable bonds is 3. The average molecular weight is 299 g/mol. The Morgan fingerprint density at radius 3 is 3.14 bits per heavy atom. The average Bonchev–Trinajstić information content (AvgIpc) is 3.00. The van der Waals surface area contributed by atoms with Gasteiger partial charge in [0, 0.05) is 12.6 Å². The van der Waals surface area contributed by atoms with Gasteiger partial charge in [0.2, 0.25) is 12.1 Å². The fourth-order valence-electron chi connectivity index (χ4n) is 2.60. The predicted octanol–water partition coefficient (Wildman–Crippen LogP) is -0.991. The summed E-state index contributed by atoms with van der Waals surface area (Å²) in [7, 11) is 0. The van der Waals surface area contributed by atoms with Crippen molar-refractivity contribution in [1.82, 2.24) is 9.78 Å². The first-order valence-electron chi connectivity index (χ1n) is 6.66. The first-order valence-corrected chi connectivity index (χ1v) is 6.66. The molecule has 2 aliphatic heterocycles. The molecule has 21 heavy (non-hydrogen) atoms. The van der Waals surface area contributed by atoms with E-state index in [0.29, 0.717) is 0 Å². The minimum Gasteiger partial charge on any atom is -0.462 e. The number of hydrogen-bond donors (Lipinski definition) is 3. The molecule has 2 aliphatic rings. The van der Waals surface area contributed by atoms with Gasteiger partial charge in [0.1, 0.15) is 11.7 Å². The van der Waals surface area contributed by atoms with Gasteiger partial charge in [-0.05, 0) is 6.92 Å². The van der Waals surface area contributed by atoms with E-state index in [1.165, 1.54) is 10.9 Å². The van der Waals surface area contributed by atoms with Crippen molar-refractivity contribution in [2.24, 2.45) is 0 Å². The molecule has 0 radical (unpaired) electrons. The maximum atomic E-state index is 11.7. The van der Waals surface area contributed by atoms with Crippen LogP contribution in [0, 0.1) is 0 Å². The molecule has 0 aromatic carbocycles. The Hall–Kier alpha value is -1.68. The lowest BCUT2D eigenvalue weighted by molar-refractivity contribution is -0.315. The van der Waals surface area contributed by atoms with Gasteiger partial charge >= 0.3 is 5.97 Å². The highest BCUT2D eigenvalue weighted by molar-refractivity contribution is 5.93. The molecule has 1 aromatic heterocycles. The number of ether oxygens (including phenoxy) is 3. The topological polar surface area (TPSA) is 129 Å². The van der Waals surface area contributed by atoms with Crippen LogP contribution in [0.1, 0.15) is 29.7 Å². The van der Waals surface area contributed by atoms with Gasteiger partial charge in [-0.1, -0.05) is 0 Å². The van der Waals surface area contributed by atoms with E-state index in [-0.39, 0.29) is 37.1 Å². The summed E-state index contributed by atoms with van der Waals surface area (Å²) in [5, 5.41) is 23.9. The van der Waals surface area contributed by atoms with E-state index in [9.17, 15) is 15.0 Å². The molecule has 116 valence electrons. The highest BCUT2D eigenvalue weighted by Crippen LogP contribution is 2.39. The molecular weight excluding hydrogens is 282 g/mol. The van der Waals surface area contributed by atoms with Crippen molar-refractivity contribution in [2.75, 3.05) is 18.9 Å². The third-order valence-corrected chi connectivity index (χ3v) is 3.62. The zero-order chi connectivity index (χ0) is 15.2. The van der Waals surface area contributed by atoms with E-state index in [1.54, 1.807) is 6.92 Å². The number of esters is 1. The lowest BCUT2D eigenvalue weighted by Gasteiger charge is -2.36. The molecule has 1 aromatic rings. The normalized spacial score (nSPS) is 30.3. The van der Waals surface area contributed by atoms with Crippen molar-refractivity contribution >= 4 is 11.8 Å². The molecular formula is C12H17N3O6. The van der Waals surface area contributed by atoms with E-state index in [0.717, 1.165) is 0 Å². The quantitative estimate of drug-likeness (QED) is 0.479. The number of hydrogen-bond acceptors (Lipinski definition) is 8. The Morgan fingerprint density at radius 1 is 1.67 bits per heavy atom. The van der Waals surface area contributed by atoms with Crippen LogP contribution in [0.5, 0.6) is 0 Å². The summed E-state index contributed by atoms with van der Waals surface area (Å²) in [6.45, 7) is 2.13. The summed E-state index contributed by atoms with van der Waals surface area (Å²) in [4.78, 5) is 11.7. The number of nitrogens with two attached hydrogens (primary N) is 1. The number of aliphatic hydroxyl groups is 2. The molecule has 0 aliphatic carbocycles. The molecule has 0 spiro atoms. The number of aromatic nitrogens is 2. The number of anilines is 1. The van der Waals surface area contributed by atoms with Gasteiger partial charge < -0.3 is 30.2 Å². The molecule has 3 heterocycles. The lowest BCUT2D eigenvalue weighted by Crippen LogP contribution is -2.50. The summed E-state index contributed by atoms with van der Waals surface area (Å²) in [6.07, 6.45) is -0.0464. The van der Waals surface area contributed by atoms with Crippen molar-refractivity contribution in [3.8, 4) is 0 Å². The van der Waals surface area contributed by atoms with E-state index in [4.69, 9.17) is 19.9 Å². The summed E-state index contributed by atoms with van der Waals surface area (Å²) in [5.41, 5.74) is 5.85. The lowest BCUT2D eigenvalue weighted by atomic mass is 9.99. The third kappa shape index (κ3) is 2.38. The van der Waals surface area contributed by atoms with E-state index in [1.807, 2.05) is 0 Å². The van der Waals surface area contributed by atoms with Crippen LogP contribution >= 0.6 is 0 Å². The van der Waals surface area contributed by atoms with Crippen molar-refractivity contribution in [2.45, 2.75) is 37.6 Å². The van der Waals surface area contributed by atoms with Crippen LogP contribution in [0.3, 0.4) is 0 Å². The fraction of sp³-hybridized carbons (Fsp3) is 0.667. The molecule has 2 bridgehead atoms. The van der Waals surface area contributed by atoms with Crippen LogP contribution in [-0.2, 0) is 14.2 Å². The number of fused-ring (bicyclic) bond motifs is 2. The van der Waals surface area contributed by atoms with Gasteiger partial charge in [-0.3, -0.25) is 4.68 Å². The number of carbonyl (C=O) groups is 1. The van der Waals surface area contributed by atoms with E-state index in [2.05, 4.69) is 5.10 Å². The largest absolute Gasteiger partial charge is 0.462 e. The van der Waals surface area contributed by atoms with Crippen LogP contribution in [0.4, 0.5) is 5.82 Å². The first-order chi connectivity index (χ1) is 9.92. The Balaban J connectivity index is 1.87. The van der Waals surface area contributed by atoms with Crippen molar-refractivity contribution in [1.29, 1.82) is 0 Å². The zero-order valence-electron chi connectivity index (χ0n) is 11.4. The van der Waals surface area contributed by atoms with E-state index >= 15 is 0 Å². The van der Waals surface area contributed by atoms with Crippen molar-refractivity contribution in [3.63, 3.8) is 0 Å². The molecule has 0 saturated carbocycles. The van der Waals surface area contributed by atoms with Gasteiger partial charge in [-0.15, -0.1) is 0 Å². The highest BCUT2D eigenvalue weighted by Gasteiger charge is 2.53. The molecule has 2 fully saturated rings. The van der Waals surface area contributed by atoms with Gasteiger partial charge in [-0.25, -0.2) is 4.79 Å². The summed E-state index contributed by atoms with van der Waals surface area (Å²) < 4.78 is 16.9. The van der Waals surface area contributed by atoms with Crippen molar-refractivity contribution < 1.29 is 29.2 Å². The molecule has 3 rings (SSSR count). The van der Waals surface area contributed by atoms with Crippen LogP contribution in [0.25, 0.3) is 0 Å². The molecule has 0 unspecified atom stereocenters. The smallest absolute Gasteiger partial charge is 0.343 e. The van der Waals surface area contributed by atoms with Gasteiger partial charge in [0.15, 0.2) is 5.82 Å². The maximum Gasteiger partial charge on any atom is 0.343 e. The second kappa shape index (κ2) is 4.95. The molecule has 4 N–H and O–H groups in total. The Bertz CT molecular complexity index is 557. The number of nitrogens with zero attached hydrogens (tertiary/aromatic N) is 2. The van der Waals surface area contributed by atoms with Gasteiger partial charge in [0.05, 0.1) is 19.3 Å². The van der Waals surface area contributed by atoms with Gasteiger partial charge in [0.25, 0.3) is 0 Å². The Kier molecular flexibility index (Phi) is 3.36. The Labute approximate surface area is 120 Å². The minimum absolute atomic E-state index is 0.0240. The molecule has 9 heteroatoms. The zero-order valence-corrected chi connectivity index (χ0v) is 11.4. The van der Waals surface area contributed by atoms with Crippen molar-refractivity contribution in [3.05, 3.63) is 11.8 Å². The van der Waals surface area contributed by atoms with Crippen LogP contribution < -0.4 is 5.73 Å². The van der Waals surface area contributed by atoms with Crippen LogP contribution in [-0.4, -0.2) is 57.4 Å².